The number of rotatable bonds is 3. The molecule has 1 aliphatic rings. The molecule has 7 nitrogen and oxygen atoms in total. The number of benzene rings is 2. The number of hydrogen-bond donors (Lipinski definition) is 2. The topological polar surface area (TPSA) is 93.5 Å². The van der Waals surface area contributed by atoms with E-state index < -0.39 is 12.0 Å². The molecule has 0 spiro atoms. The number of hydrogen-bond acceptors (Lipinski definition) is 5. The number of aromatic nitrogens is 1. The molecule has 0 unspecified atom stereocenters. The molecule has 0 bridgehead atoms. The summed E-state index contributed by atoms with van der Waals surface area (Å²) in [5.41, 5.74) is 3.16. The summed E-state index contributed by atoms with van der Waals surface area (Å²) in [6, 6.07) is 14.4. The molecule has 2 aromatic carbocycles. The van der Waals surface area contributed by atoms with Crippen molar-refractivity contribution in [1.82, 2.24) is 5.16 Å². The van der Waals surface area contributed by atoms with Crippen LogP contribution in [0.2, 0.25) is 0 Å². The number of fused-ring (bicyclic) bond motifs is 1. The molecule has 27 heavy (non-hydrogen) atoms. The Morgan fingerprint density at radius 1 is 1.15 bits per heavy atom. The third-order valence-electron chi connectivity index (χ3n) is 4.25. The Balaban J connectivity index is 1.51. The van der Waals surface area contributed by atoms with Crippen LogP contribution < -0.4 is 15.4 Å². The first kappa shape index (κ1) is 16.8. The fourth-order valence-corrected chi connectivity index (χ4v) is 2.72. The first-order valence-corrected chi connectivity index (χ1v) is 8.46. The lowest BCUT2D eigenvalue weighted by atomic mass is 10.1. The lowest BCUT2D eigenvalue weighted by Crippen LogP contribution is -2.34. The minimum Gasteiger partial charge on any atom is -0.479 e. The number of aryl methyl sites for hydroxylation is 1. The first-order chi connectivity index (χ1) is 13.0. The van der Waals surface area contributed by atoms with Crippen molar-refractivity contribution in [1.29, 1.82) is 0 Å². The molecule has 4 rings (SSSR count). The zero-order chi connectivity index (χ0) is 19.0. The smallest absolute Gasteiger partial charge is 0.277 e. The molecule has 1 atom stereocenters. The van der Waals surface area contributed by atoms with Crippen LogP contribution in [0.1, 0.15) is 23.0 Å². The second kappa shape index (κ2) is 6.60. The van der Waals surface area contributed by atoms with Crippen LogP contribution in [-0.4, -0.2) is 23.1 Å². The second-order valence-corrected chi connectivity index (χ2v) is 6.36. The Bertz CT molecular complexity index is 1020. The molecule has 136 valence electrons. The van der Waals surface area contributed by atoms with Gasteiger partial charge in [0.1, 0.15) is 5.75 Å². The Hall–Kier alpha value is -3.61. The van der Waals surface area contributed by atoms with Crippen molar-refractivity contribution >= 4 is 23.2 Å². The van der Waals surface area contributed by atoms with E-state index in [0.29, 0.717) is 22.9 Å². The summed E-state index contributed by atoms with van der Waals surface area (Å²) >= 11 is 0. The van der Waals surface area contributed by atoms with Gasteiger partial charge in [-0.05, 0) is 32.0 Å². The molecule has 1 aliphatic heterocycles. The predicted molar refractivity (Wildman–Crippen MR) is 99.8 cm³/mol. The average molecular weight is 363 g/mol. The average Bonchev–Trinajstić information content (AvgIpc) is 3.14. The Morgan fingerprint density at radius 3 is 2.70 bits per heavy atom. The second-order valence-electron chi connectivity index (χ2n) is 6.36. The summed E-state index contributed by atoms with van der Waals surface area (Å²) in [5.74, 6) is 0.433. The van der Waals surface area contributed by atoms with Crippen LogP contribution >= 0.6 is 0 Å². The summed E-state index contributed by atoms with van der Waals surface area (Å²) < 4.78 is 10.8. The largest absolute Gasteiger partial charge is 0.479 e. The molecule has 0 radical (unpaired) electrons. The summed E-state index contributed by atoms with van der Waals surface area (Å²) in [5, 5.41) is 9.32. The van der Waals surface area contributed by atoms with E-state index in [1.165, 1.54) is 0 Å². The Morgan fingerprint density at radius 2 is 1.93 bits per heavy atom. The number of carbonyl (C=O) groups excluding carboxylic acids is 2. The van der Waals surface area contributed by atoms with Gasteiger partial charge in [-0.2, -0.15) is 0 Å². The van der Waals surface area contributed by atoms with E-state index in [2.05, 4.69) is 15.8 Å². The minimum absolute atomic E-state index is 0.164. The summed E-state index contributed by atoms with van der Waals surface area (Å²) in [6.45, 7) is 3.67. The lowest BCUT2D eigenvalue weighted by molar-refractivity contribution is -0.122. The molecule has 1 aromatic heterocycles. The molecule has 0 saturated carbocycles. The van der Waals surface area contributed by atoms with Crippen molar-refractivity contribution in [2.24, 2.45) is 0 Å². The number of amides is 2. The van der Waals surface area contributed by atoms with Crippen molar-refractivity contribution in [2.45, 2.75) is 20.0 Å². The van der Waals surface area contributed by atoms with Gasteiger partial charge in [0.2, 0.25) is 0 Å². The number of carbonyl (C=O) groups is 2. The minimum atomic E-state index is -0.548. The fraction of sp³-hybridized carbons (Fsp3) is 0.150. The van der Waals surface area contributed by atoms with E-state index in [-0.39, 0.29) is 11.6 Å². The normalized spacial score (nSPS) is 15.5. The van der Waals surface area contributed by atoms with Crippen molar-refractivity contribution in [2.75, 3.05) is 10.6 Å². The molecule has 2 N–H and O–H groups in total. The molecular weight excluding hydrogens is 346 g/mol. The molecule has 2 amide bonds. The van der Waals surface area contributed by atoms with E-state index in [1.807, 2.05) is 31.2 Å². The van der Waals surface area contributed by atoms with Crippen molar-refractivity contribution in [3.8, 4) is 17.1 Å². The number of anilines is 2. The zero-order valence-electron chi connectivity index (χ0n) is 14.8. The maximum atomic E-state index is 12.4. The van der Waals surface area contributed by atoms with Gasteiger partial charge in [0.25, 0.3) is 11.8 Å². The van der Waals surface area contributed by atoms with Gasteiger partial charge in [-0.15, -0.1) is 0 Å². The lowest BCUT2D eigenvalue weighted by Gasteiger charge is -2.23. The molecule has 0 fully saturated rings. The van der Waals surface area contributed by atoms with Gasteiger partial charge in [-0.3, -0.25) is 9.59 Å². The highest BCUT2D eigenvalue weighted by molar-refractivity contribution is 6.04. The van der Waals surface area contributed by atoms with E-state index in [4.69, 9.17) is 9.26 Å². The van der Waals surface area contributed by atoms with Crippen LogP contribution in [0.25, 0.3) is 11.3 Å². The molecule has 0 aliphatic carbocycles. The van der Waals surface area contributed by atoms with Gasteiger partial charge in [0.05, 0.1) is 5.69 Å². The highest BCUT2D eigenvalue weighted by Gasteiger charge is 2.24. The molecule has 2 heterocycles. The van der Waals surface area contributed by atoms with Crippen molar-refractivity contribution in [3.63, 3.8) is 0 Å². The third kappa shape index (κ3) is 3.39. The van der Waals surface area contributed by atoms with Gasteiger partial charge >= 0.3 is 0 Å². The van der Waals surface area contributed by atoms with Crippen LogP contribution in [-0.2, 0) is 4.79 Å². The monoisotopic (exact) mass is 363 g/mol. The van der Waals surface area contributed by atoms with Crippen LogP contribution in [0.4, 0.5) is 11.4 Å². The van der Waals surface area contributed by atoms with E-state index >= 15 is 0 Å². The number of nitrogens with zero attached hydrogens (tertiary/aromatic N) is 1. The predicted octanol–water partition coefficient (Wildman–Crippen LogP) is 3.62. The summed E-state index contributed by atoms with van der Waals surface area (Å²) in [7, 11) is 0. The van der Waals surface area contributed by atoms with Gasteiger partial charge in [-0.1, -0.05) is 35.0 Å². The van der Waals surface area contributed by atoms with Gasteiger partial charge in [-0.25, -0.2) is 0 Å². The number of nitrogens with one attached hydrogen (secondary N) is 2. The fourth-order valence-electron chi connectivity index (χ4n) is 2.72. The van der Waals surface area contributed by atoms with E-state index in [1.54, 1.807) is 31.2 Å². The van der Waals surface area contributed by atoms with Crippen LogP contribution in [0.5, 0.6) is 5.75 Å². The van der Waals surface area contributed by atoms with Gasteiger partial charge in [0.15, 0.2) is 17.6 Å². The molecule has 7 heteroatoms. The van der Waals surface area contributed by atoms with E-state index in [9.17, 15) is 9.59 Å². The summed E-state index contributed by atoms with van der Waals surface area (Å²) in [4.78, 5) is 24.2. The Kier molecular flexibility index (Phi) is 4.12. The molecular formula is C20H17N3O4. The SMILES string of the molecule is Cc1ccc(-c2cc(C(=O)Nc3ccc4c(c3)NC(=O)[C@H](C)O4)no2)cc1. The van der Waals surface area contributed by atoms with Crippen molar-refractivity contribution < 1.29 is 18.8 Å². The molecule has 0 saturated heterocycles. The van der Waals surface area contributed by atoms with Gasteiger partial charge < -0.3 is 19.9 Å². The highest BCUT2D eigenvalue weighted by atomic mass is 16.5. The first-order valence-electron chi connectivity index (χ1n) is 8.46. The highest BCUT2D eigenvalue weighted by Crippen LogP contribution is 2.32. The summed E-state index contributed by atoms with van der Waals surface area (Å²) in [6.07, 6.45) is -0.548. The maximum absolute atomic E-state index is 12.4. The third-order valence-corrected chi connectivity index (χ3v) is 4.25. The van der Waals surface area contributed by atoms with E-state index in [0.717, 1.165) is 11.1 Å². The zero-order valence-corrected chi connectivity index (χ0v) is 14.8. The van der Waals surface area contributed by atoms with Crippen LogP contribution in [0, 0.1) is 6.92 Å². The Labute approximate surface area is 155 Å². The standard InChI is InChI=1S/C20H17N3O4/c1-11-3-5-13(6-4-11)18-10-16(23-27-18)20(25)21-14-7-8-17-15(9-14)22-19(24)12(2)26-17/h3-10,12H,1-2H3,(H,21,25)(H,22,24)/t12-/m0/s1. The van der Waals surface area contributed by atoms with Gasteiger partial charge in [0, 0.05) is 17.3 Å². The van der Waals surface area contributed by atoms with Crippen LogP contribution in [0.3, 0.4) is 0 Å². The quantitative estimate of drug-likeness (QED) is 0.741. The van der Waals surface area contributed by atoms with Crippen LogP contribution in [0.15, 0.2) is 53.1 Å². The molecule has 3 aromatic rings. The maximum Gasteiger partial charge on any atom is 0.277 e. The van der Waals surface area contributed by atoms with Crippen molar-refractivity contribution in [3.05, 3.63) is 59.8 Å². The number of ether oxygens (including phenoxy) is 1.